The molecule has 132 valence electrons. The van der Waals surface area contributed by atoms with Crippen molar-refractivity contribution < 1.29 is 14.3 Å². The molecule has 6 heteroatoms. The summed E-state index contributed by atoms with van der Waals surface area (Å²) in [5.74, 6) is 1.07. The number of methoxy groups -OCH3 is 1. The first-order chi connectivity index (χ1) is 11.8. The number of hydrogen-bond donors (Lipinski definition) is 1. The molecule has 0 spiro atoms. The summed E-state index contributed by atoms with van der Waals surface area (Å²) < 4.78 is 10.9. The normalized spacial score (nSPS) is 22.4. The third-order valence-electron chi connectivity index (χ3n) is 4.81. The molecule has 1 aromatic carbocycles. The zero-order chi connectivity index (χ0) is 16.8. The fraction of sp³-hybridized carbons (Fsp3) is 0.611. The number of morpholine rings is 1. The molecule has 2 aliphatic rings. The summed E-state index contributed by atoms with van der Waals surface area (Å²) in [6, 6.07) is 8.01. The van der Waals surface area contributed by atoms with Crippen molar-refractivity contribution in [3.05, 3.63) is 29.8 Å². The fourth-order valence-electron chi connectivity index (χ4n) is 3.44. The average Bonchev–Trinajstić information content (AvgIpc) is 2.67. The van der Waals surface area contributed by atoms with Crippen molar-refractivity contribution in [1.29, 1.82) is 0 Å². The lowest BCUT2D eigenvalue weighted by Crippen LogP contribution is -2.49. The molecule has 3 rings (SSSR count). The van der Waals surface area contributed by atoms with Crippen LogP contribution in [0.3, 0.4) is 0 Å². The topological polar surface area (TPSA) is 54.0 Å². The van der Waals surface area contributed by atoms with Crippen LogP contribution in [0.1, 0.15) is 18.0 Å². The molecule has 1 aromatic rings. The Morgan fingerprint density at radius 2 is 2.08 bits per heavy atom. The Balaban J connectivity index is 1.66. The standard InChI is InChI=1S/C18H27N3O3/c1-23-17-5-3-2-4-15(17)16-14-19-7-9-21(16)18(22)6-8-20-10-12-24-13-11-20/h2-5,16,19H,6-14H2,1H3/t16-/m0/s1. The molecule has 2 aliphatic heterocycles. The third-order valence-corrected chi connectivity index (χ3v) is 4.81. The average molecular weight is 333 g/mol. The van der Waals surface area contributed by atoms with Crippen LogP contribution in [-0.2, 0) is 9.53 Å². The van der Waals surface area contributed by atoms with Crippen LogP contribution in [0.15, 0.2) is 24.3 Å². The van der Waals surface area contributed by atoms with Crippen LogP contribution in [-0.4, -0.2) is 75.3 Å². The molecule has 0 saturated carbocycles. The first kappa shape index (κ1) is 17.2. The molecule has 1 N–H and O–H groups in total. The number of rotatable bonds is 5. The van der Waals surface area contributed by atoms with Crippen molar-refractivity contribution in [1.82, 2.24) is 15.1 Å². The molecule has 0 aromatic heterocycles. The van der Waals surface area contributed by atoms with Crippen LogP contribution in [0.4, 0.5) is 0 Å². The second-order valence-electron chi connectivity index (χ2n) is 6.25. The zero-order valence-electron chi connectivity index (χ0n) is 14.4. The summed E-state index contributed by atoms with van der Waals surface area (Å²) >= 11 is 0. The van der Waals surface area contributed by atoms with E-state index in [0.29, 0.717) is 6.42 Å². The van der Waals surface area contributed by atoms with Gasteiger partial charge < -0.3 is 19.7 Å². The van der Waals surface area contributed by atoms with E-state index in [1.54, 1.807) is 7.11 Å². The maximum Gasteiger partial charge on any atom is 0.224 e. The minimum atomic E-state index is 0.0343. The predicted octanol–water partition coefficient (Wildman–Crippen LogP) is 0.890. The Morgan fingerprint density at radius 3 is 2.88 bits per heavy atom. The van der Waals surface area contributed by atoms with Gasteiger partial charge in [-0.2, -0.15) is 0 Å². The summed E-state index contributed by atoms with van der Waals surface area (Å²) in [4.78, 5) is 17.1. The summed E-state index contributed by atoms with van der Waals surface area (Å²) in [5.41, 5.74) is 1.08. The molecule has 6 nitrogen and oxygen atoms in total. The van der Waals surface area contributed by atoms with Crippen molar-refractivity contribution in [2.24, 2.45) is 0 Å². The first-order valence-electron chi connectivity index (χ1n) is 8.73. The number of amides is 1. The molecule has 0 unspecified atom stereocenters. The maximum absolute atomic E-state index is 12.8. The van der Waals surface area contributed by atoms with Gasteiger partial charge in [0.15, 0.2) is 0 Å². The van der Waals surface area contributed by atoms with Gasteiger partial charge in [-0.1, -0.05) is 18.2 Å². The van der Waals surface area contributed by atoms with E-state index < -0.39 is 0 Å². The van der Waals surface area contributed by atoms with E-state index in [9.17, 15) is 4.79 Å². The highest BCUT2D eigenvalue weighted by Gasteiger charge is 2.29. The Morgan fingerprint density at radius 1 is 1.29 bits per heavy atom. The van der Waals surface area contributed by atoms with Gasteiger partial charge in [-0.15, -0.1) is 0 Å². The molecule has 2 saturated heterocycles. The van der Waals surface area contributed by atoms with Crippen molar-refractivity contribution in [3.8, 4) is 5.75 Å². The summed E-state index contributed by atoms with van der Waals surface area (Å²) in [6.45, 7) is 6.54. The maximum atomic E-state index is 12.8. The van der Waals surface area contributed by atoms with Crippen LogP contribution in [0.5, 0.6) is 5.75 Å². The Bertz CT molecular complexity index is 546. The second kappa shape index (κ2) is 8.46. The van der Waals surface area contributed by atoms with E-state index in [1.807, 2.05) is 23.1 Å². The molecular formula is C18H27N3O3. The van der Waals surface area contributed by atoms with Gasteiger partial charge in [0.1, 0.15) is 5.75 Å². The van der Waals surface area contributed by atoms with Crippen LogP contribution in [0, 0.1) is 0 Å². The number of nitrogens with one attached hydrogen (secondary N) is 1. The molecule has 1 atom stereocenters. The highest BCUT2D eigenvalue weighted by atomic mass is 16.5. The van der Waals surface area contributed by atoms with Crippen molar-refractivity contribution in [3.63, 3.8) is 0 Å². The number of benzene rings is 1. The number of carbonyl (C=O) groups excluding carboxylic acids is 1. The van der Waals surface area contributed by atoms with E-state index in [0.717, 1.165) is 63.8 Å². The SMILES string of the molecule is COc1ccccc1[C@@H]1CNCCN1C(=O)CCN1CCOCC1. The lowest BCUT2D eigenvalue weighted by Gasteiger charge is -2.37. The van der Waals surface area contributed by atoms with E-state index in [2.05, 4.69) is 16.3 Å². The third kappa shape index (κ3) is 4.06. The number of ether oxygens (including phenoxy) is 2. The number of nitrogens with zero attached hydrogens (tertiary/aromatic N) is 2. The van der Waals surface area contributed by atoms with Crippen LogP contribution in [0.25, 0.3) is 0 Å². The number of carbonyl (C=O) groups is 1. The molecule has 1 amide bonds. The van der Waals surface area contributed by atoms with E-state index in [4.69, 9.17) is 9.47 Å². The van der Waals surface area contributed by atoms with Gasteiger partial charge in [0.25, 0.3) is 0 Å². The highest BCUT2D eigenvalue weighted by Crippen LogP contribution is 2.30. The number of hydrogen-bond acceptors (Lipinski definition) is 5. The van der Waals surface area contributed by atoms with Gasteiger partial charge >= 0.3 is 0 Å². The van der Waals surface area contributed by atoms with Gasteiger partial charge in [0, 0.05) is 51.3 Å². The van der Waals surface area contributed by atoms with Crippen LogP contribution in [0.2, 0.25) is 0 Å². The second-order valence-corrected chi connectivity index (χ2v) is 6.25. The number of piperazine rings is 1. The Labute approximate surface area is 143 Å². The molecule has 2 fully saturated rings. The van der Waals surface area contributed by atoms with Crippen molar-refractivity contribution >= 4 is 5.91 Å². The van der Waals surface area contributed by atoms with Gasteiger partial charge in [0.2, 0.25) is 5.91 Å². The van der Waals surface area contributed by atoms with Gasteiger partial charge in [-0.25, -0.2) is 0 Å². The molecule has 0 radical (unpaired) electrons. The highest BCUT2D eigenvalue weighted by molar-refractivity contribution is 5.77. The van der Waals surface area contributed by atoms with E-state index in [1.165, 1.54) is 0 Å². The smallest absolute Gasteiger partial charge is 0.224 e. The summed E-state index contributed by atoms with van der Waals surface area (Å²) in [6.07, 6.45) is 0.561. The van der Waals surface area contributed by atoms with Gasteiger partial charge in [-0.3, -0.25) is 9.69 Å². The molecule has 24 heavy (non-hydrogen) atoms. The Hall–Kier alpha value is -1.63. The summed E-state index contributed by atoms with van der Waals surface area (Å²) in [5, 5.41) is 3.40. The van der Waals surface area contributed by atoms with E-state index >= 15 is 0 Å². The quantitative estimate of drug-likeness (QED) is 0.867. The Kier molecular flexibility index (Phi) is 6.07. The minimum Gasteiger partial charge on any atom is -0.496 e. The summed E-state index contributed by atoms with van der Waals surface area (Å²) in [7, 11) is 1.68. The number of para-hydroxylation sites is 1. The van der Waals surface area contributed by atoms with Gasteiger partial charge in [-0.05, 0) is 6.07 Å². The molecule has 0 aliphatic carbocycles. The monoisotopic (exact) mass is 333 g/mol. The zero-order valence-corrected chi connectivity index (χ0v) is 14.4. The molecular weight excluding hydrogens is 306 g/mol. The van der Waals surface area contributed by atoms with Crippen LogP contribution >= 0.6 is 0 Å². The lowest BCUT2D eigenvalue weighted by molar-refractivity contribution is -0.135. The van der Waals surface area contributed by atoms with Crippen molar-refractivity contribution in [2.75, 3.05) is 59.6 Å². The minimum absolute atomic E-state index is 0.0343. The van der Waals surface area contributed by atoms with Crippen molar-refractivity contribution in [2.45, 2.75) is 12.5 Å². The van der Waals surface area contributed by atoms with E-state index in [-0.39, 0.29) is 11.9 Å². The molecule has 2 heterocycles. The predicted molar refractivity (Wildman–Crippen MR) is 92.2 cm³/mol. The largest absolute Gasteiger partial charge is 0.496 e. The van der Waals surface area contributed by atoms with Gasteiger partial charge in [0.05, 0.1) is 26.4 Å². The molecule has 0 bridgehead atoms. The lowest BCUT2D eigenvalue weighted by atomic mass is 10.0. The first-order valence-corrected chi connectivity index (χ1v) is 8.73. The fourth-order valence-corrected chi connectivity index (χ4v) is 3.44. The van der Waals surface area contributed by atoms with Crippen LogP contribution < -0.4 is 10.1 Å².